The molecule has 3 rings (SSSR count). The van der Waals surface area contributed by atoms with Gasteiger partial charge in [0.05, 0.1) is 23.5 Å². The van der Waals surface area contributed by atoms with Gasteiger partial charge in [0.2, 0.25) is 5.91 Å². The zero-order valence-corrected chi connectivity index (χ0v) is 10.2. The van der Waals surface area contributed by atoms with Crippen molar-refractivity contribution in [1.82, 2.24) is 9.88 Å². The molecular formula is C12H14N4O3. The van der Waals surface area contributed by atoms with Crippen molar-refractivity contribution in [2.45, 2.75) is 18.5 Å². The molecule has 7 heteroatoms. The standard InChI is InChI=1S/C12H14N4O3/c13-11(17)7-1-8(4-14-3-7)15-5-10-2-9(15)6-16(10)12(18)19/h1,3-4,9-10H,2,5-6H2,(H2,13,17)(H,18,19)/t9-,10-/m0/s1. The third-order valence-electron chi connectivity index (χ3n) is 3.83. The van der Waals surface area contributed by atoms with Crippen molar-refractivity contribution in [3.05, 3.63) is 24.0 Å². The molecule has 3 N–H and O–H groups in total. The van der Waals surface area contributed by atoms with E-state index in [-0.39, 0.29) is 12.1 Å². The average molecular weight is 262 g/mol. The number of rotatable bonds is 2. The van der Waals surface area contributed by atoms with Crippen molar-refractivity contribution < 1.29 is 14.7 Å². The molecule has 2 aliphatic heterocycles. The van der Waals surface area contributed by atoms with Crippen molar-refractivity contribution in [3.63, 3.8) is 0 Å². The fourth-order valence-electron chi connectivity index (χ4n) is 2.94. The molecule has 0 unspecified atom stereocenters. The summed E-state index contributed by atoms with van der Waals surface area (Å²) in [7, 11) is 0. The largest absolute Gasteiger partial charge is 0.465 e. The van der Waals surface area contributed by atoms with Gasteiger partial charge in [-0.3, -0.25) is 9.78 Å². The molecule has 0 aliphatic carbocycles. The van der Waals surface area contributed by atoms with Crippen LogP contribution in [0.15, 0.2) is 18.5 Å². The summed E-state index contributed by atoms with van der Waals surface area (Å²) in [6.07, 6.45) is 3.07. The van der Waals surface area contributed by atoms with Gasteiger partial charge in [0.1, 0.15) is 0 Å². The minimum absolute atomic E-state index is 0.0275. The second-order valence-corrected chi connectivity index (χ2v) is 4.93. The number of hydrogen-bond donors (Lipinski definition) is 2. The number of fused-ring (bicyclic) bond motifs is 2. The molecule has 2 amide bonds. The van der Waals surface area contributed by atoms with E-state index < -0.39 is 12.0 Å². The number of primary amides is 1. The van der Waals surface area contributed by atoms with Crippen LogP contribution in [-0.4, -0.2) is 52.2 Å². The lowest BCUT2D eigenvalue weighted by atomic mass is 10.2. The second-order valence-electron chi connectivity index (χ2n) is 4.93. The van der Waals surface area contributed by atoms with Crippen LogP contribution in [-0.2, 0) is 0 Å². The molecule has 0 radical (unpaired) electrons. The Bertz CT molecular complexity index is 548. The number of nitrogens with two attached hydrogens (primary N) is 1. The van der Waals surface area contributed by atoms with Crippen LogP contribution in [0.5, 0.6) is 0 Å². The highest BCUT2D eigenvalue weighted by atomic mass is 16.4. The smallest absolute Gasteiger partial charge is 0.407 e. The second kappa shape index (κ2) is 4.11. The highest BCUT2D eigenvalue weighted by Gasteiger charge is 2.45. The SMILES string of the molecule is NC(=O)c1cncc(N2C[C@@H]3C[C@H]2CN3C(=O)O)c1. The molecule has 19 heavy (non-hydrogen) atoms. The van der Waals surface area contributed by atoms with Gasteiger partial charge in [0, 0.05) is 25.3 Å². The van der Waals surface area contributed by atoms with Crippen molar-refractivity contribution in [1.29, 1.82) is 0 Å². The monoisotopic (exact) mass is 262 g/mol. The fraction of sp³-hybridized carbons (Fsp3) is 0.417. The number of pyridine rings is 1. The minimum Gasteiger partial charge on any atom is -0.465 e. The van der Waals surface area contributed by atoms with Gasteiger partial charge < -0.3 is 20.6 Å². The Kier molecular flexibility index (Phi) is 2.55. The van der Waals surface area contributed by atoms with Gasteiger partial charge in [-0.2, -0.15) is 0 Å². The molecule has 0 saturated carbocycles. The van der Waals surface area contributed by atoms with Crippen LogP contribution < -0.4 is 10.6 Å². The predicted octanol–water partition coefficient (Wildman–Crippen LogP) is 0.121. The molecule has 2 saturated heterocycles. The Hall–Kier alpha value is -2.31. The average Bonchev–Trinajstić information content (AvgIpc) is 2.98. The predicted molar refractivity (Wildman–Crippen MR) is 67.0 cm³/mol. The first-order valence-corrected chi connectivity index (χ1v) is 6.07. The number of carboxylic acid groups (broad SMARTS) is 1. The summed E-state index contributed by atoms with van der Waals surface area (Å²) in [4.78, 5) is 29.8. The molecule has 2 atom stereocenters. The summed E-state index contributed by atoms with van der Waals surface area (Å²) < 4.78 is 0. The third-order valence-corrected chi connectivity index (χ3v) is 3.83. The van der Waals surface area contributed by atoms with E-state index in [0.29, 0.717) is 18.7 Å². The lowest BCUT2D eigenvalue weighted by Gasteiger charge is -2.34. The zero-order chi connectivity index (χ0) is 13.6. The lowest BCUT2D eigenvalue weighted by molar-refractivity contribution is 0.1000. The Labute approximate surface area is 109 Å². The van der Waals surface area contributed by atoms with E-state index in [1.54, 1.807) is 12.3 Å². The van der Waals surface area contributed by atoms with Crippen LogP contribution in [0.25, 0.3) is 0 Å². The summed E-state index contributed by atoms with van der Waals surface area (Å²) >= 11 is 0. The molecule has 0 spiro atoms. The zero-order valence-electron chi connectivity index (χ0n) is 10.2. The number of aromatic nitrogens is 1. The van der Waals surface area contributed by atoms with Crippen LogP contribution >= 0.6 is 0 Å². The molecule has 1 aromatic rings. The number of carbonyl (C=O) groups is 2. The molecule has 100 valence electrons. The topological polar surface area (TPSA) is 99.8 Å². The first kappa shape index (κ1) is 11.8. The van der Waals surface area contributed by atoms with Gasteiger partial charge in [-0.1, -0.05) is 0 Å². The summed E-state index contributed by atoms with van der Waals surface area (Å²) in [5.74, 6) is -0.508. The van der Waals surface area contributed by atoms with Crippen molar-refractivity contribution in [2.75, 3.05) is 18.0 Å². The maximum atomic E-state index is 11.1. The first-order chi connectivity index (χ1) is 9.06. The lowest BCUT2D eigenvalue weighted by Crippen LogP contribution is -2.48. The minimum atomic E-state index is -0.865. The van der Waals surface area contributed by atoms with E-state index in [1.165, 1.54) is 11.1 Å². The summed E-state index contributed by atoms with van der Waals surface area (Å²) in [6, 6.07) is 1.90. The van der Waals surface area contributed by atoms with Gasteiger partial charge in [-0.15, -0.1) is 0 Å². The van der Waals surface area contributed by atoms with Gasteiger partial charge in [0.25, 0.3) is 0 Å². The summed E-state index contributed by atoms with van der Waals surface area (Å²) in [5.41, 5.74) is 6.43. The quantitative estimate of drug-likeness (QED) is 0.788. The number of carbonyl (C=O) groups excluding carboxylic acids is 1. The Morgan fingerprint density at radius 3 is 2.68 bits per heavy atom. The van der Waals surface area contributed by atoms with E-state index >= 15 is 0 Å². The third kappa shape index (κ3) is 1.87. The normalized spacial score (nSPS) is 24.8. The van der Waals surface area contributed by atoms with Gasteiger partial charge >= 0.3 is 6.09 Å². The van der Waals surface area contributed by atoms with Gasteiger partial charge in [-0.25, -0.2) is 4.79 Å². The summed E-state index contributed by atoms with van der Waals surface area (Å²) in [5, 5.41) is 9.04. The Morgan fingerprint density at radius 2 is 2.11 bits per heavy atom. The molecule has 0 aromatic carbocycles. The molecule has 7 nitrogen and oxygen atoms in total. The fourth-order valence-corrected chi connectivity index (χ4v) is 2.94. The van der Waals surface area contributed by atoms with Crippen molar-refractivity contribution >= 4 is 17.7 Å². The van der Waals surface area contributed by atoms with E-state index in [2.05, 4.69) is 9.88 Å². The van der Waals surface area contributed by atoms with E-state index in [0.717, 1.165) is 12.1 Å². The number of likely N-dealkylation sites (tertiary alicyclic amines) is 1. The maximum absolute atomic E-state index is 11.1. The van der Waals surface area contributed by atoms with E-state index in [1.807, 2.05) is 0 Å². The van der Waals surface area contributed by atoms with Gasteiger partial charge in [0.15, 0.2) is 0 Å². The van der Waals surface area contributed by atoms with Gasteiger partial charge in [-0.05, 0) is 12.5 Å². The molecule has 3 heterocycles. The molecule has 2 bridgehead atoms. The number of anilines is 1. The highest BCUT2D eigenvalue weighted by Crippen LogP contribution is 2.34. The van der Waals surface area contributed by atoms with Crippen LogP contribution in [0, 0.1) is 0 Å². The molecule has 1 aromatic heterocycles. The number of piperazine rings is 1. The highest BCUT2D eigenvalue weighted by molar-refractivity contribution is 5.93. The van der Waals surface area contributed by atoms with Crippen LogP contribution in [0.4, 0.5) is 10.5 Å². The maximum Gasteiger partial charge on any atom is 0.407 e. The van der Waals surface area contributed by atoms with Crippen LogP contribution in [0.3, 0.4) is 0 Å². The van der Waals surface area contributed by atoms with E-state index in [4.69, 9.17) is 10.8 Å². The molecule has 2 aliphatic rings. The number of nitrogens with zero attached hydrogens (tertiary/aromatic N) is 3. The Balaban J connectivity index is 1.81. The molecule has 2 fully saturated rings. The Morgan fingerprint density at radius 1 is 1.32 bits per heavy atom. The van der Waals surface area contributed by atoms with Crippen molar-refractivity contribution in [2.24, 2.45) is 5.73 Å². The van der Waals surface area contributed by atoms with E-state index in [9.17, 15) is 9.59 Å². The summed E-state index contributed by atoms with van der Waals surface area (Å²) in [6.45, 7) is 1.14. The molecular weight excluding hydrogens is 248 g/mol. The number of hydrogen-bond acceptors (Lipinski definition) is 4. The number of amides is 2. The van der Waals surface area contributed by atoms with Crippen LogP contribution in [0.1, 0.15) is 16.8 Å². The first-order valence-electron chi connectivity index (χ1n) is 6.07. The van der Waals surface area contributed by atoms with Crippen molar-refractivity contribution in [3.8, 4) is 0 Å². The van der Waals surface area contributed by atoms with Crippen LogP contribution in [0.2, 0.25) is 0 Å².